The number of hydrogen-bond donors (Lipinski definition) is 1. The van der Waals surface area contributed by atoms with Crippen molar-refractivity contribution in [2.45, 2.75) is 25.7 Å². The Balaban J connectivity index is 1.51. The fourth-order valence-corrected chi connectivity index (χ4v) is 2.37. The molecule has 2 fully saturated rings. The first-order valence-corrected chi connectivity index (χ1v) is 6.42. The minimum atomic E-state index is 0.313. The largest absolute Gasteiger partial charge is 0.381 e. The van der Waals surface area contributed by atoms with E-state index in [1.165, 1.54) is 12.8 Å². The van der Waals surface area contributed by atoms with Gasteiger partial charge in [-0.1, -0.05) is 0 Å². The summed E-state index contributed by atoms with van der Waals surface area (Å²) in [5, 5.41) is 3.35. The molecule has 0 aliphatic carbocycles. The first-order valence-electron chi connectivity index (χ1n) is 6.42. The summed E-state index contributed by atoms with van der Waals surface area (Å²) in [4.78, 5) is 13.7. The predicted octanol–water partition coefficient (Wildman–Crippen LogP) is 0.625. The van der Waals surface area contributed by atoms with Gasteiger partial charge in [0.1, 0.15) is 0 Å². The summed E-state index contributed by atoms with van der Waals surface area (Å²) in [6.07, 6.45) is 4.16. The summed E-state index contributed by atoms with van der Waals surface area (Å²) in [7, 11) is 0. The second-order valence-electron chi connectivity index (χ2n) is 4.77. The highest BCUT2D eigenvalue weighted by atomic mass is 16.5. The van der Waals surface area contributed by atoms with Crippen LogP contribution in [0.2, 0.25) is 0 Å². The van der Waals surface area contributed by atoms with Gasteiger partial charge in [0.2, 0.25) is 5.91 Å². The molecular weight excluding hydrogens is 204 g/mol. The van der Waals surface area contributed by atoms with E-state index in [1.54, 1.807) is 0 Å². The Labute approximate surface area is 97.3 Å². The Morgan fingerprint density at radius 2 is 2.19 bits per heavy atom. The second-order valence-corrected chi connectivity index (χ2v) is 4.77. The maximum atomic E-state index is 11.7. The number of hydrogen-bond acceptors (Lipinski definition) is 3. The number of carbonyl (C=O) groups is 1. The van der Waals surface area contributed by atoms with Crippen LogP contribution in [0.5, 0.6) is 0 Å². The topological polar surface area (TPSA) is 41.6 Å². The Morgan fingerprint density at radius 3 is 2.88 bits per heavy atom. The van der Waals surface area contributed by atoms with E-state index in [4.69, 9.17) is 4.74 Å². The monoisotopic (exact) mass is 226 g/mol. The molecule has 92 valence electrons. The molecule has 0 aromatic carbocycles. The lowest BCUT2D eigenvalue weighted by Gasteiger charge is -2.15. The van der Waals surface area contributed by atoms with Gasteiger partial charge in [-0.15, -0.1) is 0 Å². The van der Waals surface area contributed by atoms with Crippen LogP contribution >= 0.6 is 0 Å². The molecule has 2 aliphatic heterocycles. The second kappa shape index (κ2) is 6.21. The predicted molar refractivity (Wildman–Crippen MR) is 62.2 cm³/mol. The van der Waals surface area contributed by atoms with E-state index in [2.05, 4.69) is 5.32 Å². The summed E-state index contributed by atoms with van der Waals surface area (Å²) in [5.74, 6) is 0.967. The van der Waals surface area contributed by atoms with Gasteiger partial charge in [-0.05, 0) is 25.2 Å². The third-order valence-electron chi connectivity index (χ3n) is 3.43. The molecule has 0 saturated carbocycles. The van der Waals surface area contributed by atoms with E-state index in [9.17, 15) is 4.79 Å². The van der Waals surface area contributed by atoms with Crippen LogP contribution in [0.25, 0.3) is 0 Å². The molecule has 2 heterocycles. The summed E-state index contributed by atoms with van der Waals surface area (Å²) < 4.78 is 5.30. The Morgan fingerprint density at radius 1 is 1.38 bits per heavy atom. The molecule has 0 aromatic heterocycles. The van der Waals surface area contributed by atoms with Gasteiger partial charge in [-0.3, -0.25) is 4.79 Å². The van der Waals surface area contributed by atoms with Gasteiger partial charge in [0.05, 0.1) is 6.61 Å². The van der Waals surface area contributed by atoms with Crippen molar-refractivity contribution in [3.63, 3.8) is 0 Å². The maximum Gasteiger partial charge on any atom is 0.223 e. The molecule has 1 N–H and O–H groups in total. The highest BCUT2D eigenvalue weighted by Crippen LogP contribution is 2.11. The van der Waals surface area contributed by atoms with Crippen LogP contribution in [0, 0.1) is 5.92 Å². The lowest BCUT2D eigenvalue weighted by Crippen LogP contribution is -2.32. The zero-order valence-electron chi connectivity index (χ0n) is 9.91. The molecule has 1 unspecified atom stereocenters. The third kappa shape index (κ3) is 3.46. The van der Waals surface area contributed by atoms with E-state index in [1.807, 2.05) is 4.90 Å². The highest BCUT2D eigenvalue weighted by Gasteiger charge is 2.18. The van der Waals surface area contributed by atoms with Gasteiger partial charge >= 0.3 is 0 Å². The van der Waals surface area contributed by atoms with E-state index < -0.39 is 0 Å². The molecule has 0 spiro atoms. The summed E-state index contributed by atoms with van der Waals surface area (Å²) in [5.41, 5.74) is 0. The number of nitrogens with one attached hydrogen (secondary N) is 1. The van der Waals surface area contributed by atoms with Crippen LogP contribution in [-0.4, -0.2) is 50.2 Å². The van der Waals surface area contributed by atoms with Crippen molar-refractivity contribution in [1.82, 2.24) is 10.2 Å². The fraction of sp³-hybridized carbons (Fsp3) is 0.917. The molecular formula is C12H22N2O2. The zero-order chi connectivity index (χ0) is 11.2. The molecule has 0 radical (unpaired) electrons. The van der Waals surface area contributed by atoms with Crippen LogP contribution in [0.3, 0.4) is 0 Å². The van der Waals surface area contributed by atoms with E-state index in [0.29, 0.717) is 18.2 Å². The van der Waals surface area contributed by atoms with Crippen LogP contribution < -0.4 is 5.32 Å². The Bertz CT molecular complexity index is 221. The first kappa shape index (κ1) is 11.9. The summed E-state index contributed by atoms with van der Waals surface area (Å²) >= 11 is 0. The standard InChI is InChI=1S/C12H22N2O2/c15-12(14-6-1-2-7-14)3-5-13-9-11-4-8-16-10-11/h11,13H,1-10H2. The Hall–Kier alpha value is -0.610. The van der Waals surface area contributed by atoms with E-state index in [0.717, 1.165) is 45.8 Å². The van der Waals surface area contributed by atoms with Crippen molar-refractivity contribution >= 4 is 5.91 Å². The van der Waals surface area contributed by atoms with E-state index in [-0.39, 0.29) is 0 Å². The molecule has 2 saturated heterocycles. The molecule has 4 heteroatoms. The highest BCUT2D eigenvalue weighted by molar-refractivity contribution is 5.76. The average Bonchev–Trinajstić information content (AvgIpc) is 2.96. The fourth-order valence-electron chi connectivity index (χ4n) is 2.37. The smallest absolute Gasteiger partial charge is 0.223 e. The van der Waals surface area contributed by atoms with Crippen molar-refractivity contribution in [3.05, 3.63) is 0 Å². The van der Waals surface area contributed by atoms with Gasteiger partial charge in [-0.2, -0.15) is 0 Å². The molecule has 1 atom stereocenters. The van der Waals surface area contributed by atoms with Crippen LogP contribution in [0.4, 0.5) is 0 Å². The number of likely N-dealkylation sites (tertiary alicyclic amines) is 1. The quantitative estimate of drug-likeness (QED) is 0.699. The molecule has 4 nitrogen and oxygen atoms in total. The summed E-state index contributed by atoms with van der Waals surface area (Å²) in [6.45, 7) is 5.52. The number of carbonyl (C=O) groups excluding carboxylic acids is 1. The van der Waals surface area contributed by atoms with E-state index >= 15 is 0 Å². The average molecular weight is 226 g/mol. The van der Waals surface area contributed by atoms with Crippen molar-refractivity contribution in [3.8, 4) is 0 Å². The van der Waals surface area contributed by atoms with Gasteiger partial charge in [0.25, 0.3) is 0 Å². The van der Waals surface area contributed by atoms with Gasteiger partial charge in [0.15, 0.2) is 0 Å². The molecule has 16 heavy (non-hydrogen) atoms. The van der Waals surface area contributed by atoms with Crippen LogP contribution in [0.15, 0.2) is 0 Å². The number of rotatable bonds is 5. The molecule has 0 aromatic rings. The normalized spacial score (nSPS) is 25.2. The molecule has 1 amide bonds. The third-order valence-corrected chi connectivity index (χ3v) is 3.43. The molecule has 2 rings (SSSR count). The molecule has 2 aliphatic rings. The molecule has 0 bridgehead atoms. The lowest BCUT2D eigenvalue weighted by molar-refractivity contribution is -0.130. The van der Waals surface area contributed by atoms with Crippen LogP contribution in [0.1, 0.15) is 25.7 Å². The SMILES string of the molecule is O=C(CCNCC1CCOC1)N1CCCC1. The number of ether oxygens (including phenoxy) is 1. The van der Waals surface area contributed by atoms with Crippen molar-refractivity contribution in [1.29, 1.82) is 0 Å². The summed E-state index contributed by atoms with van der Waals surface area (Å²) in [6, 6.07) is 0. The van der Waals surface area contributed by atoms with Crippen molar-refractivity contribution < 1.29 is 9.53 Å². The Kier molecular flexibility index (Phi) is 4.60. The number of amides is 1. The van der Waals surface area contributed by atoms with Gasteiger partial charge in [-0.25, -0.2) is 0 Å². The number of nitrogens with zero attached hydrogens (tertiary/aromatic N) is 1. The van der Waals surface area contributed by atoms with Crippen molar-refractivity contribution in [2.75, 3.05) is 39.4 Å². The minimum absolute atomic E-state index is 0.313. The first-order chi connectivity index (χ1) is 7.86. The van der Waals surface area contributed by atoms with Crippen molar-refractivity contribution in [2.24, 2.45) is 5.92 Å². The lowest BCUT2D eigenvalue weighted by atomic mass is 10.1. The van der Waals surface area contributed by atoms with Gasteiger partial charge < -0.3 is 15.0 Å². The van der Waals surface area contributed by atoms with Crippen LogP contribution in [-0.2, 0) is 9.53 Å². The zero-order valence-corrected chi connectivity index (χ0v) is 9.91. The minimum Gasteiger partial charge on any atom is -0.381 e. The van der Waals surface area contributed by atoms with Gasteiger partial charge in [0, 0.05) is 39.2 Å². The maximum absolute atomic E-state index is 11.7.